The average Bonchev–Trinajstić information content (AvgIpc) is 2.47. The van der Waals surface area contributed by atoms with E-state index in [1.54, 1.807) is 0 Å². The van der Waals surface area contributed by atoms with E-state index >= 15 is 0 Å². The van der Waals surface area contributed by atoms with Crippen LogP contribution in [-0.2, 0) is 0 Å². The molecular formula is C17H33NO. The first kappa shape index (κ1) is 15.3. The van der Waals surface area contributed by atoms with Crippen LogP contribution in [0, 0.1) is 11.8 Å². The first-order chi connectivity index (χ1) is 9.15. The van der Waals surface area contributed by atoms with Gasteiger partial charge in [-0.3, -0.25) is 0 Å². The Balaban J connectivity index is 1.68. The second kappa shape index (κ2) is 7.08. The maximum Gasteiger partial charge on any atom is 0.0771 e. The average molecular weight is 267 g/mol. The molecule has 2 aliphatic carbocycles. The van der Waals surface area contributed by atoms with Crippen molar-refractivity contribution in [1.82, 2.24) is 5.32 Å². The standard InChI is InChI=1S/C17H33NO/c1-3-14-5-7-16(8-6-14)18-13-17(19)11-9-15(4-2)10-12-17/h14-16,18-19H,3-13H2,1-2H3. The van der Waals surface area contributed by atoms with E-state index in [-0.39, 0.29) is 0 Å². The highest BCUT2D eigenvalue weighted by molar-refractivity contribution is 4.89. The fourth-order valence-corrected chi connectivity index (χ4v) is 3.91. The molecule has 2 nitrogen and oxygen atoms in total. The molecule has 2 rings (SSSR count). The van der Waals surface area contributed by atoms with Gasteiger partial charge in [0, 0.05) is 12.6 Å². The van der Waals surface area contributed by atoms with Gasteiger partial charge in [-0.25, -0.2) is 0 Å². The lowest BCUT2D eigenvalue weighted by Crippen LogP contribution is -2.47. The smallest absolute Gasteiger partial charge is 0.0771 e. The molecule has 0 radical (unpaired) electrons. The fourth-order valence-electron chi connectivity index (χ4n) is 3.91. The van der Waals surface area contributed by atoms with Crippen molar-refractivity contribution in [3.63, 3.8) is 0 Å². The van der Waals surface area contributed by atoms with Crippen LogP contribution in [0.15, 0.2) is 0 Å². The molecule has 0 aliphatic heterocycles. The second-order valence-corrected chi connectivity index (χ2v) is 7.08. The van der Waals surface area contributed by atoms with Crippen LogP contribution < -0.4 is 5.32 Å². The van der Waals surface area contributed by atoms with Crippen molar-refractivity contribution in [2.75, 3.05) is 6.54 Å². The molecule has 0 aromatic heterocycles. The largest absolute Gasteiger partial charge is 0.389 e. The van der Waals surface area contributed by atoms with Crippen molar-refractivity contribution in [2.24, 2.45) is 11.8 Å². The van der Waals surface area contributed by atoms with E-state index in [1.807, 2.05) is 0 Å². The minimum atomic E-state index is -0.409. The van der Waals surface area contributed by atoms with Gasteiger partial charge in [0.25, 0.3) is 0 Å². The van der Waals surface area contributed by atoms with Gasteiger partial charge in [-0.05, 0) is 63.2 Å². The lowest BCUT2D eigenvalue weighted by Gasteiger charge is -2.38. The Bertz CT molecular complexity index is 250. The van der Waals surface area contributed by atoms with Gasteiger partial charge in [0.15, 0.2) is 0 Å². The van der Waals surface area contributed by atoms with E-state index in [4.69, 9.17) is 0 Å². The third-order valence-electron chi connectivity index (χ3n) is 5.76. The van der Waals surface area contributed by atoms with Crippen LogP contribution in [0.5, 0.6) is 0 Å². The van der Waals surface area contributed by atoms with Crippen molar-refractivity contribution < 1.29 is 5.11 Å². The Labute approximate surface area is 119 Å². The molecular weight excluding hydrogens is 234 g/mol. The minimum absolute atomic E-state index is 0.409. The third kappa shape index (κ3) is 4.46. The Morgan fingerprint density at radius 3 is 1.95 bits per heavy atom. The summed E-state index contributed by atoms with van der Waals surface area (Å²) in [6, 6.07) is 0.663. The monoisotopic (exact) mass is 267 g/mol. The Morgan fingerprint density at radius 1 is 0.895 bits per heavy atom. The fraction of sp³-hybridized carbons (Fsp3) is 1.00. The summed E-state index contributed by atoms with van der Waals surface area (Å²) in [4.78, 5) is 0. The van der Waals surface area contributed by atoms with Gasteiger partial charge in [-0.1, -0.05) is 26.7 Å². The summed E-state index contributed by atoms with van der Waals surface area (Å²) < 4.78 is 0. The van der Waals surface area contributed by atoms with Gasteiger partial charge in [0.05, 0.1) is 5.60 Å². The van der Waals surface area contributed by atoms with Gasteiger partial charge in [0.2, 0.25) is 0 Å². The van der Waals surface area contributed by atoms with Gasteiger partial charge in [-0.2, -0.15) is 0 Å². The van der Waals surface area contributed by atoms with Crippen LogP contribution in [0.3, 0.4) is 0 Å². The van der Waals surface area contributed by atoms with E-state index in [1.165, 1.54) is 51.4 Å². The molecule has 0 aromatic rings. The predicted molar refractivity (Wildman–Crippen MR) is 81.2 cm³/mol. The molecule has 2 aliphatic rings. The Morgan fingerprint density at radius 2 is 1.42 bits per heavy atom. The number of nitrogens with one attached hydrogen (secondary N) is 1. The molecule has 0 aromatic carbocycles. The molecule has 2 N–H and O–H groups in total. The Kier molecular flexibility index (Phi) is 5.70. The van der Waals surface area contributed by atoms with Crippen molar-refractivity contribution >= 4 is 0 Å². The van der Waals surface area contributed by atoms with Crippen LogP contribution in [-0.4, -0.2) is 23.3 Å². The number of hydrogen-bond acceptors (Lipinski definition) is 2. The summed E-state index contributed by atoms with van der Waals surface area (Å²) >= 11 is 0. The van der Waals surface area contributed by atoms with E-state index in [9.17, 15) is 5.11 Å². The third-order valence-corrected chi connectivity index (χ3v) is 5.76. The lowest BCUT2D eigenvalue weighted by molar-refractivity contribution is -0.0118. The molecule has 0 saturated heterocycles. The van der Waals surface area contributed by atoms with Crippen molar-refractivity contribution in [3.8, 4) is 0 Å². The molecule has 2 fully saturated rings. The van der Waals surface area contributed by atoms with Gasteiger partial charge in [-0.15, -0.1) is 0 Å². The maximum atomic E-state index is 10.7. The van der Waals surface area contributed by atoms with Crippen LogP contribution in [0.4, 0.5) is 0 Å². The highest BCUT2D eigenvalue weighted by atomic mass is 16.3. The molecule has 0 unspecified atom stereocenters. The topological polar surface area (TPSA) is 32.3 Å². The summed E-state index contributed by atoms with van der Waals surface area (Å²) in [6.07, 6.45) is 12.5. The highest BCUT2D eigenvalue weighted by Crippen LogP contribution is 2.34. The van der Waals surface area contributed by atoms with E-state index in [0.29, 0.717) is 6.04 Å². The number of hydrogen-bond donors (Lipinski definition) is 2. The molecule has 112 valence electrons. The van der Waals surface area contributed by atoms with Gasteiger partial charge >= 0.3 is 0 Å². The van der Waals surface area contributed by atoms with Crippen LogP contribution in [0.25, 0.3) is 0 Å². The predicted octanol–water partition coefficient (Wildman–Crippen LogP) is 3.88. The molecule has 2 saturated carbocycles. The SMILES string of the molecule is CCC1CCC(NCC2(O)CCC(CC)CC2)CC1. The molecule has 19 heavy (non-hydrogen) atoms. The highest BCUT2D eigenvalue weighted by Gasteiger charge is 2.33. The Hall–Kier alpha value is -0.0800. The van der Waals surface area contributed by atoms with Gasteiger partial charge < -0.3 is 10.4 Å². The van der Waals surface area contributed by atoms with E-state index in [2.05, 4.69) is 19.2 Å². The zero-order valence-corrected chi connectivity index (χ0v) is 13.0. The molecule has 0 spiro atoms. The van der Waals surface area contributed by atoms with Crippen LogP contribution in [0.2, 0.25) is 0 Å². The minimum Gasteiger partial charge on any atom is -0.389 e. The summed E-state index contributed by atoms with van der Waals surface area (Å²) in [5, 5.41) is 14.3. The van der Waals surface area contributed by atoms with Crippen molar-refractivity contribution in [2.45, 2.75) is 89.7 Å². The first-order valence-electron chi connectivity index (χ1n) is 8.61. The normalized spacial score (nSPS) is 40.3. The number of rotatable bonds is 5. The summed E-state index contributed by atoms with van der Waals surface area (Å²) in [7, 11) is 0. The summed E-state index contributed by atoms with van der Waals surface area (Å²) in [5.74, 6) is 1.82. The molecule has 2 heteroatoms. The molecule has 0 amide bonds. The number of aliphatic hydroxyl groups is 1. The van der Waals surface area contributed by atoms with Crippen LogP contribution >= 0.6 is 0 Å². The molecule has 0 heterocycles. The molecule has 0 atom stereocenters. The maximum absolute atomic E-state index is 10.7. The zero-order chi connectivity index (χ0) is 13.7. The summed E-state index contributed by atoms with van der Waals surface area (Å²) in [6.45, 7) is 5.41. The molecule has 0 bridgehead atoms. The quantitative estimate of drug-likeness (QED) is 0.792. The van der Waals surface area contributed by atoms with Crippen molar-refractivity contribution in [3.05, 3.63) is 0 Å². The zero-order valence-electron chi connectivity index (χ0n) is 13.0. The van der Waals surface area contributed by atoms with E-state index in [0.717, 1.165) is 31.2 Å². The van der Waals surface area contributed by atoms with E-state index < -0.39 is 5.60 Å². The van der Waals surface area contributed by atoms with Crippen LogP contribution in [0.1, 0.15) is 78.1 Å². The lowest BCUT2D eigenvalue weighted by atomic mass is 9.77. The summed E-state index contributed by atoms with van der Waals surface area (Å²) in [5.41, 5.74) is -0.409. The first-order valence-corrected chi connectivity index (χ1v) is 8.61. The van der Waals surface area contributed by atoms with Gasteiger partial charge in [0.1, 0.15) is 0 Å². The second-order valence-electron chi connectivity index (χ2n) is 7.08. The van der Waals surface area contributed by atoms with Crippen molar-refractivity contribution in [1.29, 1.82) is 0 Å².